The maximum atomic E-state index is 2.40. The minimum atomic E-state index is -0.227. The molecule has 1 aliphatic rings. The van der Waals surface area contributed by atoms with Gasteiger partial charge in [-0.25, -0.2) is 0 Å². The van der Waals surface area contributed by atoms with E-state index >= 15 is 0 Å². The molecular formula is C91H70N4. The largest absolute Gasteiger partial charge is 0.311 e. The van der Waals surface area contributed by atoms with Gasteiger partial charge in [0.15, 0.2) is 0 Å². The molecule has 0 N–H and O–H groups in total. The van der Waals surface area contributed by atoms with E-state index in [0.29, 0.717) is 0 Å². The highest BCUT2D eigenvalue weighted by Gasteiger charge is 2.35. The van der Waals surface area contributed by atoms with Crippen LogP contribution in [0, 0.1) is 0 Å². The molecule has 2 heterocycles. The summed E-state index contributed by atoms with van der Waals surface area (Å²) in [4.78, 5) is 4.59. The van der Waals surface area contributed by atoms with Crippen LogP contribution >= 0.6 is 0 Å². The highest BCUT2D eigenvalue weighted by molar-refractivity contribution is 5.86. The molecule has 0 saturated heterocycles. The summed E-state index contributed by atoms with van der Waals surface area (Å²) in [5, 5.41) is 0. The standard InChI is InChI=1S/C91H70N4/c1-91(2)89-65-69(39-53-83-61-59-81(94(83)85-55-43-73(44-56-85)71-21-9-3-10-22-71)51-37-67-33-47-79(48-34-67)92(75-25-13-5-14-26-75)76-27-15-6-16-28-76)41-63-87(89)88-64-42-70(66-90(88)91)40-54-84-62-60-82(95(84)86-57-45-74(46-58-86)72-23-11-4-12-24-72)52-38-68-35-49-80(50-36-68)93(77-29-17-7-18-30-77)78-31-19-8-20-32-78/h3-66H,1-2H3/b51-37+,52-38+,53-39+,54-40+. The van der Waals surface area contributed by atoms with Crippen LogP contribution in [0.15, 0.2) is 340 Å². The van der Waals surface area contributed by atoms with Crippen LogP contribution in [-0.4, -0.2) is 9.13 Å². The molecule has 15 rings (SSSR count). The number of anilines is 6. The van der Waals surface area contributed by atoms with Crippen LogP contribution < -0.4 is 9.80 Å². The quantitative estimate of drug-likeness (QED) is 0.0851. The minimum Gasteiger partial charge on any atom is -0.311 e. The second-order valence-corrected chi connectivity index (χ2v) is 24.6. The Labute approximate surface area is 558 Å². The molecule has 1 aliphatic carbocycles. The van der Waals surface area contributed by atoms with Gasteiger partial charge in [-0.2, -0.15) is 0 Å². The minimum absolute atomic E-state index is 0.227. The van der Waals surface area contributed by atoms with Crippen LogP contribution in [0.1, 0.15) is 70.0 Å². The molecule has 0 aliphatic heterocycles. The summed E-state index contributed by atoms with van der Waals surface area (Å²) in [5.41, 5.74) is 27.5. The van der Waals surface area contributed by atoms with E-state index in [1.807, 2.05) is 0 Å². The average Bonchev–Trinajstić information content (AvgIpc) is 1.58. The third-order valence-electron chi connectivity index (χ3n) is 18.2. The summed E-state index contributed by atoms with van der Waals surface area (Å²) in [5.74, 6) is 0. The maximum Gasteiger partial charge on any atom is 0.0462 e. The van der Waals surface area contributed by atoms with Gasteiger partial charge < -0.3 is 18.9 Å². The number of benzene rings is 12. The van der Waals surface area contributed by atoms with Gasteiger partial charge in [-0.05, 0) is 212 Å². The fourth-order valence-electron chi connectivity index (χ4n) is 13.3. The molecule has 4 heteroatoms. The normalized spacial score (nSPS) is 12.4. The van der Waals surface area contributed by atoms with E-state index < -0.39 is 0 Å². The molecule has 0 bridgehead atoms. The lowest BCUT2D eigenvalue weighted by molar-refractivity contribution is 0.660. The van der Waals surface area contributed by atoms with Crippen LogP contribution in [0.4, 0.5) is 34.1 Å². The summed E-state index contributed by atoms with van der Waals surface area (Å²) in [6, 6.07) is 122. The third kappa shape index (κ3) is 12.5. The van der Waals surface area contributed by atoms with Gasteiger partial charge in [-0.3, -0.25) is 0 Å². The van der Waals surface area contributed by atoms with Gasteiger partial charge in [-0.1, -0.05) is 257 Å². The molecule has 454 valence electrons. The van der Waals surface area contributed by atoms with E-state index in [1.165, 1.54) is 44.5 Å². The lowest BCUT2D eigenvalue weighted by atomic mass is 9.81. The first-order valence-corrected chi connectivity index (χ1v) is 32.6. The van der Waals surface area contributed by atoms with Crippen molar-refractivity contribution < 1.29 is 0 Å². The fraction of sp³-hybridized carbons (Fsp3) is 0.0330. The van der Waals surface area contributed by atoms with Gasteiger partial charge >= 0.3 is 0 Å². The van der Waals surface area contributed by atoms with Crippen LogP contribution in [0.2, 0.25) is 0 Å². The van der Waals surface area contributed by atoms with Crippen molar-refractivity contribution in [3.05, 3.63) is 396 Å². The zero-order chi connectivity index (χ0) is 63.9. The molecule has 2 aromatic heterocycles. The van der Waals surface area contributed by atoms with E-state index in [2.05, 4.69) is 421 Å². The van der Waals surface area contributed by atoms with Crippen molar-refractivity contribution in [3.63, 3.8) is 0 Å². The third-order valence-corrected chi connectivity index (χ3v) is 18.2. The average molecular weight is 1220 g/mol. The zero-order valence-electron chi connectivity index (χ0n) is 53.2. The summed E-state index contributed by atoms with van der Waals surface area (Å²) in [7, 11) is 0. The number of rotatable bonds is 18. The molecule has 0 fully saturated rings. The van der Waals surface area contributed by atoms with Gasteiger partial charge in [0.2, 0.25) is 0 Å². The predicted octanol–water partition coefficient (Wildman–Crippen LogP) is 24.5. The predicted molar refractivity (Wildman–Crippen MR) is 404 cm³/mol. The van der Waals surface area contributed by atoms with Gasteiger partial charge in [-0.15, -0.1) is 0 Å². The van der Waals surface area contributed by atoms with Crippen molar-refractivity contribution in [2.24, 2.45) is 0 Å². The summed E-state index contributed by atoms with van der Waals surface area (Å²) >= 11 is 0. The Hall–Kier alpha value is -12.2. The van der Waals surface area contributed by atoms with Crippen molar-refractivity contribution in [3.8, 4) is 44.8 Å². The lowest BCUT2D eigenvalue weighted by Crippen LogP contribution is -2.15. The molecule has 14 aromatic rings. The number of nitrogens with zero attached hydrogens (tertiary/aromatic N) is 4. The molecule has 0 saturated carbocycles. The van der Waals surface area contributed by atoms with Crippen molar-refractivity contribution in [2.45, 2.75) is 19.3 Å². The van der Waals surface area contributed by atoms with Gasteiger partial charge in [0, 0.05) is 73.7 Å². The number of fused-ring (bicyclic) bond motifs is 3. The molecule has 0 radical (unpaired) electrons. The molecule has 12 aromatic carbocycles. The molecule has 95 heavy (non-hydrogen) atoms. The summed E-state index contributed by atoms with van der Waals surface area (Å²) < 4.78 is 4.71. The van der Waals surface area contributed by atoms with E-state index in [0.717, 1.165) is 90.5 Å². The Morgan fingerprint density at radius 2 is 0.484 bits per heavy atom. The van der Waals surface area contributed by atoms with Crippen molar-refractivity contribution in [1.82, 2.24) is 9.13 Å². The topological polar surface area (TPSA) is 16.3 Å². The van der Waals surface area contributed by atoms with Crippen LogP contribution in [0.5, 0.6) is 0 Å². The lowest BCUT2D eigenvalue weighted by Gasteiger charge is -2.25. The zero-order valence-corrected chi connectivity index (χ0v) is 53.2. The summed E-state index contributed by atoms with van der Waals surface area (Å²) in [6.07, 6.45) is 17.9. The van der Waals surface area contributed by atoms with Crippen molar-refractivity contribution in [1.29, 1.82) is 0 Å². The molecule has 0 spiro atoms. The highest BCUT2D eigenvalue weighted by atomic mass is 15.1. The Kier molecular flexibility index (Phi) is 16.5. The monoisotopic (exact) mass is 1220 g/mol. The van der Waals surface area contributed by atoms with Gasteiger partial charge in [0.1, 0.15) is 0 Å². The van der Waals surface area contributed by atoms with Crippen LogP contribution in [0.3, 0.4) is 0 Å². The second kappa shape index (κ2) is 26.5. The maximum absolute atomic E-state index is 2.40. The molecular weight excluding hydrogens is 1150 g/mol. The van der Waals surface area contributed by atoms with E-state index in [-0.39, 0.29) is 5.41 Å². The van der Waals surface area contributed by atoms with E-state index in [9.17, 15) is 0 Å². The molecule has 0 unspecified atom stereocenters. The number of aromatic nitrogens is 2. The Balaban J connectivity index is 0.699. The Morgan fingerprint density at radius 1 is 0.232 bits per heavy atom. The molecule has 0 atom stereocenters. The Bertz CT molecular complexity index is 4660. The van der Waals surface area contributed by atoms with Crippen LogP contribution in [-0.2, 0) is 5.41 Å². The first kappa shape index (κ1) is 59.1. The van der Waals surface area contributed by atoms with E-state index in [1.54, 1.807) is 0 Å². The summed E-state index contributed by atoms with van der Waals surface area (Å²) in [6.45, 7) is 4.74. The van der Waals surface area contributed by atoms with E-state index in [4.69, 9.17) is 0 Å². The number of hydrogen-bond donors (Lipinski definition) is 0. The first-order chi connectivity index (χ1) is 46.8. The SMILES string of the molecule is CC1(C)c2cc(/C=C/c3ccc(/C=C/c4ccc(N(c5ccccc5)c5ccccc5)cc4)n3-c3ccc(-c4ccccc4)cc3)ccc2-c2ccc(/C=C/c3ccc(/C=C/c4ccc(N(c5ccccc5)c5ccccc5)cc4)n3-c3ccc(-c4ccccc4)cc3)cc21. The fourth-order valence-corrected chi connectivity index (χ4v) is 13.3. The van der Waals surface area contributed by atoms with Crippen molar-refractivity contribution in [2.75, 3.05) is 9.80 Å². The number of hydrogen-bond acceptors (Lipinski definition) is 2. The smallest absolute Gasteiger partial charge is 0.0462 e. The highest BCUT2D eigenvalue weighted by Crippen LogP contribution is 2.50. The van der Waals surface area contributed by atoms with Gasteiger partial charge in [0.25, 0.3) is 0 Å². The van der Waals surface area contributed by atoms with Crippen LogP contribution in [0.25, 0.3) is 93.4 Å². The molecule has 4 nitrogen and oxygen atoms in total. The van der Waals surface area contributed by atoms with Gasteiger partial charge in [0.05, 0.1) is 0 Å². The molecule has 0 amide bonds. The second-order valence-electron chi connectivity index (χ2n) is 24.6. The Morgan fingerprint density at radius 3 is 0.789 bits per heavy atom. The van der Waals surface area contributed by atoms with Crippen molar-refractivity contribution >= 4 is 82.7 Å². The first-order valence-electron chi connectivity index (χ1n) is 32.6. The number of para-hydroxylation sites is 4.